The molecule has 3 rings (SSSR count). The van der Waals surface area contributed by atoms with Crippen molar-refractivity contribution in [1.29, 1.82) is 0 Å². The number of thiazole rings is 1. The number of amides is 1. The van der Waals surface area contributed by atoms with E-state index in [-0.39, 0.29) is 5.91 Å². The van der Waals surface area contributed by atoms with E-state index < -0.39 is 0 Å². The maximum atomic E-state index is 12.6. The van der Waals surface area contributed by atoms with Crippen molar-refractivity contribution in [2.45, 2.75) is 27.3 Å². The Morgan fingerprint density at radius 1 is 1.21 bits per heavy atom. The van der Waals surface area contributed by atoms with Gasteiger partial charge in [0.2, 0.25) is 0 Å². The summed E-state index contributed by atoms with van der Waals surface area (Å²) in [5, 5.41) is 8.11. The molecule has 7 heteroatoms. The van der Waals surface area contributed by atoms with Crippen molar-refractivity contribution in [3.63, 3.8) is 0 Å². The number of rotatable bonds is 4. The predicted octanol–water partition coefficient (Wildman–Crippen LogP) is 4.22. The summed E-state index contributed by atoms with van der Waals surface area (Å²) in [6, 6.07) is 9.86. The standard InChI is InChI=1S/C17H17ClN4OS/c1-10-12(3)24-17(19-10)20-16(23)14-11(2)21-22(15(14)18)9-13-7-5-4-6-8-13/h4-8H,9H2,1-3H3,(H,19,20,23). The zero-order chi connectivity index (χ0) is 17.3. The van der Waals surface area contributed by atoms with Crippen LogP contribution >= 0.6 is 22.9 Å². The van der Waals surface area contributed by atoms with Gasteiger partial charge in [0.1, 0.15) is 5.15 Å². The van der Waals surface area contributed by atoms with Gasteiger partial charge in [-0.15, -0.1) is 11.3 Å². The number of nitrogens with zero attached hydrogens (tertiary/aromatic N) is 3. The van der Waals surface area contributed by atoms with Crippen LogP contribution in [0.4, 0.5) is 5.13 Å². The molecule has 0 fully saturated rings. The van der Waals surface area contributed by atoms with E-state index in [1.807, 2.05) is 44.2 Å². The van der Waals surface area contributed by atoms with Gasteiger partial charge >= 0.3 is 0 Å². The largest absolute Gasteiger partial charge is 0.298 e. The molecule has 1 aromatic carbocycles. The molecule has 0 spiro atoms. The van der Waals surface area contributed by atoms with Gasteiger partial charge in [0.15, 0.2) is 5.13 Å². The molecule has 0 aliphatic rings. The second kappa shape index (κ2) is 6.75. The molecule has 0 saturated heterocycles. The SMILES string of the molecule is Cc1nc(NC(=O)c2c(C)nn(Cc3ccccc3)c2Cl)sc1C. The Morgan fingerprint density at radius 2 is 1.92 bits per heavy atom. The molecule has 2 aromatic heterocycles. The van der Waals surface area contributed by atoms with Gasteiger partial charge in [-0.25, -0.2) is 9.67 Å². The highest BCUT2D eigenvalue weighted by Crippen LogP contribution is 2.25. The monoisotopic (exact) mass is 360 g/mol. The van der Waals surface area contributed by atoms with Crippen molar-refractivity contribution < 1.29 is 4.79 Å². The third kappa shape index (κ3) is 3.34. The second-order valence-electron chi connectivity index (χ2n) is 5.51. The van der Waals surface area contributed by atoms with Crippen LogP contribution in [0.2, 0.25) is 5.15 Å². The first kappa shape index (κ1) is 16.7. The van der Waals surface area contributed by atoms with Crippen molar-refractivity contribution in [2.24, 2.45) is 0 Å². The average Bonchev–Trinajstić information content (AvgIpc) is 2.99. The number of halogens is 1. The normalized spacial score (nSPS) is 10.8. The van der Waals surface area contributed by atoms with Gasteiger partial charge in [0, 0.05) is 4.88 Å². The molecular weight excluding hydrogens is 344 g/mol. The number of nitrogens with one attached hydrogen (secondary N) is 1. The van der Waals surface area contributed by atoms with Crippen molar-refractivity contribution in [3.8, 4) is 0 Å². The number of carbonyl (C=O) groups is 1. The predicted molar refractivity (Wildman–Crippen MR) is 97.1 cm³/mol. The fraction of sp³-hybridized carbons (Fsp3) is 0.235. The number of hydrogen-bond acceptors (Lipinski definition) is 4. The van der Waals surface area contributed by atoms with Crippen LogP contribution in [0.25, 0.3) is 0 Å². The third-order valence-electron chi connectivity index (χ3n) is 3.72. The average molecular weight is 361 g/mol. The van der Waals surface area contributed by atoms with Crippen LogP contribution in [-0.4, -0.2) is 20.7 Å². The van der Waals surface area contributed by atoms with Crippen LogP contribution in [-0.2, 0) is 6.54 Å². The number of hydrogen-bond donors (Lipinski definition) is 1. The van der Waals surface area contributed by atoms with E-state index in [9.17, 15) is 4.79 Å². The molecule has 5 nitrogen and oxygen atoms in total. The highest BCUT2D eigenvalue weighted by molar-refractivity contribution is 7.15. The maximum absolute atomic E-state index is 12.6. The van der Waals surface area contributed by atoms with Gasteiger partial charge in [0.05, 0.1) is 23.5 Å². The van der Waals surface area contributed by atoms with E-state index in [0.717, 1.165) is 16.1 Å². The van der Waals surface area contributed by atoms with Crippen LogP contribution in [0.3, 0.4) is 0 Å². The van der Waals surface area contributed by atoms with E-state index in [0.29, 0.717) is 28.1 Å². The van der Waals surface area contributed by atoms with Crippen LogP contribution in [0.1, 0.15) is 32.2 Å². The topological polar surface area (TPSA) is 59.8 Å². The molecule has 1 amide bonds. The summed E-state index contributed by atoms with van der Waals surface area (Å²) in [5.41, 5.74) is 2.97. The maximum Gasteiger partial charge on any atom is 0.262 e. The van der Waals surface area contributed by atoms with E-state index >= 15 is 0 Å². The minimum atomic E-state index is -0.287. The smallest absolute Gasteiger partial charge is 0.262 e. The molecule has 3 aromatic rings. The summed E-state index contributed by atoms with van der Waals surface area (Å²) >= 11 is 7.84. The van der Waals surface area contributed by atoms with Crippen molar-refractivity contribution in [1.82, 2.24) is 14.8 Å². The zero-order valence-corrected chi connectivity index (χ0v) is 15.2. The molecule has 0 aliphatic carbocycles. The molecule has 0 radical (unpaired) electrons. The number of anilines is 1. The summed E-state index contributed by atoms with van der Waals surface area (Å²) in [4.78, 5) is 18.0. The third-order valence-corrected chi connectivity index (χ3v) is 5.09. The summed E-state index contributed by atoms with van der Waals surface area (Å²) in [6.07, 6.45) is 0. The van der Waals surface area contributed by atoms with Crippen LogP contribution in [0.5, 0.6) is 0 Å². The lowest BCUT2D eigenvalue weighted by molar-refractivity contribution is 0.102. The molecule has 0 saturated carbocycles. The first-order valence-electron chi connectivity index (χ1n) is 7.48. The van der Waals surface area contributed by atoms with Crippen LogP contribution in [0, 0.1) is 20.8 Å². The Hall–Kier alpha value is -2.18. The second-order valence-corrected chi connectivity index (χ2v) is 7.07. The Labute approximate surface area is 149 Å². The Morgan fingerprint density at radius 3 is 2.54 bits per heavy atom. The molecule has 124 valence electrons. The van der Waals surface area contributed by atoms with E-state index in [4.69, 9.17) is 11.6 Å². The van der Waals surface area contributed by atoms with E-state index in [2.05, 4.69) is 15.4 Å². The molecule has 1 N–H and O–H groups in total. The molecule has 0 unspecified atom stereocenters. The molecule has 0 bridgehead atoms. The number of aromatic nitrogens is 3. The lowest BCUT2D eigenvalue weighted by Crippen LogP contribution is -2.13. The minimum Gasteiger partial charge on any atom is -0.298 e. The van der Waals surface area contributed by atoms with Crippen molar-refractivity contribution >= 4 is 34.0 Å². The van der Waals surface area contributed by atoms with Crippen molar-refractivity contribution in [3.05, 3.63) is 62.9 Å². The first-order valence-corrected chi connectivity index (χ1v) is 8.67. The van der Waals surface area contributed by atoms with Gasteiger partial charge in [-0.3, -0.25) is 10.1 Å². The van der Waals surface area contributed by atoms with Gasteiger partial charge in [-0.05, 0) is 26.3 Å². The Bertz CT molecular complexity index is 866. The highest BCUT2D eigenvalue weighted by atomic mass is 35.5. The minimum absolute atomic E-state index is 0.287. The number of benzene rings is 1. The van der Waals surface area contributed by atoms with Crippen LogP contribution in [0.15, 0.2) is 30.3 Å². The number of aryl methyl sites for hydroxylation is 3. The van der Waals surface area contributed by atoms with Crippen LogP contribution < -0.4 is 5.32 Å². The fourth-order valence-electron chi connectivity index (χ4n) is 2.36. The first-order chi connectivity index (χ1) is 11.5. The quantitative estimate of drug-likeness (QED) is 0.757. The molecule has 24 heavy (non-hydrogen) atoms. The van der Waals surface area contributed by atoms with Crippen molar-refractivity contribution in [2.75, 3.05) is 5.32 Å². The number of carbonyl (C=O) groups excluding carboxylic acids is 1. The summed E-state index contributed by atoms with van der Waals surface area (Å²) in [6.45, 7) is 6.18. The Kier molecular flexibility index (Phi) is 4.69. The van der Waals surface area contributed by atoms with Gasteiger partial charge < -0.3 is 0 Å². The lowest BCUT2D eigenvalue weighted by atomic mass is 10.2. The molecule has 0 aliphatic heterocycles. The van der Waals surface area contributed by atoms with E-state index in [1.165, 1.54) is 11.3 Å². The van der Waals surface area contributed by atoms with E-state index in [1.54, 1.807) is 11.6 Å². The summed E-state index contributed by atoms with van der Waals surface area (Å²) < 4.78 is 1.64. The highest BCUT2D eigenvalue weighted by Gasteiger charge is 2.21. The summed E-state index contributed by atoms with van der Waals surface area (Å²) in [5.74, 6) is -0.287. The van der Waals surface area contributed by atoms with Gasteiger partial charge in [-0.1, -0.05) is 41.9 Å². The summed E-state index contributed by atoms with van der Waals surface area (Å²) in [7, 11) is 0. The zero-order valence-electron chi connectivity index (χ0n) is 13.6. The Balaban J connectivity index is 1.84. The molecule has 2 heterocycles. The molecule has 0 atom stereocenters. The fourth-order valence-corrected chi connectivity index (χ4v) is 3.49. The van der Waals surface area contributed by atoms with Gasteiger partial charge in [0.25, 0.3) is 5.91 Å². The molecular formula is C17H17ClN4OS. The van der Waals surface area contributed by atoms with Gasteiger partial charge in [-0.2, -0.15) is 5.10 Å². The lowest BCUT2D eigenvalue weighted by Gasteiger charge is -2.04.